The second kappa shape index (κ2) is 65.9. The Morgan fingerprint density at radius 2 is 0.618 bits per heavy atom. The molecule has 0 aromatic carbocycles. The molecule has 0 saturated carbocycles. The van der Waals surface area contributed by atoms with Gasteiger partial charge in [0.2, 0.25) is 5.91 Å². The molecule has 2 atom stereocenters. The third-order valence-electron chi connectivity index (χ3n) is 16.2. The summed E-state index contributed by atoms with van der Waals surface area (Å²) in [6.45, 7) is 4.95. The zero-order valence-corrected chi connectivity index (χ0v) is 51.5. The van der Waals surface area contributed by atoms with E-state index in [2.05, 4.69) is 43.5 Å². The fourth-order valence-electron chi connectivity index (χ4n) is 10.9. The summed E-state index contributed by atoms with van der Waals surface area (Å²) in [5, 5.41) is 23.1. The van der Waals surface area contributed by atoms with Crippen molar-refractivity contribution in [1.29, 1.82) is 0 Å². The molecule has 0 aromatic heterocycles. The number of aliphatic hydroxyl groups is 2. The van der Waals surface area contributed by atoms with E-state index in [0.29, 0.717) is 25.9 Å². The molecule has 76 heavy (non-hydrogen) atoms. The molecule has 3 N–H and O–H groups in total. The zero-order valence-electron chi connectivity index (χ0n) is 51.5. The molecule has 0 spiro atoms. The molecule has 1 amide bonds. The van der Waals surface area contributed by atoms with Crippen molar-refractivity contribution in [3.05, 3.63) is 24.3 Å². The lowest BCUT2D eigenvalue weighted by atomic mass is 10.0. The SMILES string of the molecule is CCCCCCCC/C=C\CCCCCCCCCC(=O)OCCCCCCCCCCCCCC/C=C\CCCCCCCCCCCCCCCCCCCC(=O)NC(CO)C(O)CCCCCCCCCCC. The molecule has 6 heteroatoms. The number of esters is 1. The Bertz CT molecular complexity index is 1190. The van der Waals surface area contributed by atoms with Gasteiger partial charge in [-0.1, -0.05) is 321 Å². The van der Waals surface area contributed by atoms with Crippen LogP contribution in [0.4, 0.5) is 0 Å². The quantitative estimate of drug-likeness (QED) is 0.0320. The number of carbonyl (C=O) groups is 2. The summed E-state index contributed by atoms with van der Waals surface area (Å²) in [6, 6.07) is -0.536. The standard InChI is InChI=1S/C70H135NO5/c1-3-5-7-9-11-13-14-15-16-34-38-41-44-48-52-56-60-64-70(75)76-65-61-57-53-49-45-42-39-36-33-31-29-27-25-23-21-19-17-18-20-22-24-26-28-30-32-35-37-40-43-47-51-55-59-63-69(74)71-67(66-72)68(73)62-58-54-50-46-12-10-8-6-4-2/h15-16,21,23,67-68,72-73H,3-14,17-20,22,24-66H2,1-2H3,(H,71,74)/b16-15-,23-21-. The second-order valence-corrected chi connectivity index (χ2v) is 23.9. The number of unbranched alkanes of at least 4 members (excludes halogenated alkanes) is 50. The van der Waals surface area contributed by atoms with E-state index in [-0.39, 0.29) is 18.5 Å². The lowest BCUT2D eigenvalue weighted by molar-refractivity contribution is -0.143. The van der Waals surface area contributed by atoms with Gasteiger partial charge in [0.1, 0.15) is 0 Å². The highest BCUT2D eigenvalue weighted by Gasteiger charge is 2.20. The average Bonchev–Trinajstić information content (AvgIpc) is 3.42. The third kappa shape index (κ3) is 61.6. The summed E-state index contributed by atoms with van der Waals surface area (Å²) in [7, 11) is 0. The van der Waals surface area contributed by atoms with E-state index in [9.17, 15) is 19.8 Å². The molecule has 0 heterocycles. The van der Waals surface area contributed by atoms with Crippen LogP contribution in [-0.2, 0) is 14.3 Å². The lowest BCUT2D eigenvalue weighted by Crippen LogP contribution is -2.45. The number of carbonyl (C=O) groups excluding carboxylic acids is 2. The van der Waals surface area contributed by atoms with E-state index in [1.807, 2.05) is 0 Å². The smallest absolute Gasteiger partial charge is 0.305 e. The minimum atomic E-state index is -0.659. The van der Waals surface area contributed by atoms with Crippen molar-refractivity contribution in [3.63, 3.8) is 0 Å². The third-order valence-corrected chi connectivity index (χ3v) is 16.2. The van der Waals surface area contributed by atoms with E-state index in [1.165, 1.54) is 308 Å². The van der Waals surface area contributed by atoms with Crippen molar-refractivity contribution in [3.8, 4) is 0 Å². The monoisotopic (exact) mass is 1070 g/mol. The van der Waals surface area contributed by atoms with Gasteiger partial charge in [-0.25, -0.2) is 0 Å². The maximum Gasteiger partial charge on any atom is 0.305 e. The first-order chi connectivity index (χ1) is 37.5. The van der Waals surface area contributed by atoms with E-state index in [4.69, 9.17) is 4.74 Å². The molecule has 0 bridgehead atoms. The highest BCUT2D eigenvalue weighted by atomic mass is 16.5. The van der Waals surface area contributed by atoms with E-state index >= 15 is 0 Å². The van der Waals surface area contributed by atoms with Crippen LogP contribution in [-0.4, -0.2) is 47.4 Å². The van der Waals surface area contributed by atoms with E-state index in [1.54, 1.807) is 0 Å². The van der Waals surface area contributed by atoms with Crippen LogP contribution in [0.1, 0.15) is 386 Å². The van der Waals surface area contributed by atoms with Crippen LogP contribution < -0.4 is 5.32 Å². The normalized spacial score (nSPS) is 12.6. The number of nitrogens with one attached hydrogen (secondary N) is 1. The number of ether oxygens (including phenoxy) is 1. The van der Waals surface area contributed by atoms with Crippen molar-refractivity contribution in [2.45, 2.75) is 398 Å². The number of rotatable bonds is 65. The number of allylic oxidation sites excluding steroid dienone is 4. The summed E-state index contributed by atoms with van der Waals surface area (Å²) in [4.78, 5) is 24.5. The first-order valence-corrected chi connectivity index (χ1v) is 34.6. The Morgan fingerprint density at radius 1 is 0.355 bits per heavy atom. The number of amides is 1. The molecule has 2 unspecified atom stereocenters. The van der Waals surface area contributed by atoms with Gasteiger partial charge in [-0.05, 0) is 77.0 Å². The Kier molecular flexibility index (Phi) is 64.4. The van der Waals surface area contributed by atoms with Crippen LogP contribution in [0.25, 0.3) is 0 Å². The van der Waals surface area contributed by atoms with Crippen LogP contribution in [0.3, 0.4) is 0 Å². The molecule has 0 saturated heterocycles. The van der Waals surface area contributed by atoms with Crippen molar-refractivity contribution in [2.24, 2.45) is 0 Å². The van der Waals surface area contributed by atoms with Gasteiger partial charge in [-0.2, -0.15) is 0 Å². The summed E-state index contributed by atoms with van der Waals surface area (Å²) >= 11 is 0. The van der Waals surface area contributed by atoms with Crippen LogP contribution in [0.5, 0.6) is 0 Å². The van der Waals surface area contributed by atoms with Gasteiger partial charge in [0, 0.05) is 12.8 Å². The van der Waals surface area contributed by atoms with E-state index < -0.39 is 12.1 Å². The largest absolute Gasteiger partial charge is 0.466 e. The molecule has 0 aliphatic rings. The summed E-state index contributed by atoms with van der Waals surface area (Å²) < 4.78 is 5.50. The van der Waals surface area contributed by atoms with Crippen molar-refractivity contribution in [2.75, 3.05) is 13.2 Å². The Morgan fingerprint density at radius 3 is 0.934 bits per heavy atom. The second-order valence-electron chi connectivity index (χ2n) is 23.9. The molecule has 0 aliphatic carbocycles. The molecule has 0 radical (unpaired) electrons. The first kappa shape index (κ1) is 74.3. The number of hydrogen-bond acceptors (Lipinski definition) is 5. The van der Waals surface area contributed by atoms with Crippen LogP contribution in [0.2, 0.25) is 0 Å². The van der Waals surface area contributed by atoms with Gasteiger partial charge in [-0.3, -0.25) is 9.59 Å². The maximum absolute atomic E-state index is 12.4. The minimum Gasteiger partial charge on any atom is -0.466 e. The molecular weight excluding hydrogens is 935 g/mol. The molecule has 0 rings (SSSR count). The van der Waals surface area contributed by atoms with Gasteiger partial charge in [-0.15, -0.1) is 0 Å². The Hall–Kier alpha value is -1.66. The van der Waals surface area contributed by atoms with Gasteiger partial charge in [0.05, 0.1) is 25.4 Å². The fraction of sp³-hybridized carbons (Fsp3) is 0.914. The first-order valence-electron chi connectivity index (χ1n) is 34.6. The van der Waals surface area contributed by atoms with Crippen LogP contribution >= 0.6 is 0 Å². The molecule has 450 valence electrons. The van der Waals surface area contributed by atoms with Gasteiger partial charge in [0.15, 0.2) is 0 Å². The van der Waals surface area contributed by atoms with Gasteiger partial charge < -0.3 is 20.3 Å². The summed E-state index contributed by atoms with van der Waals surface area (Å²) in [5.41, 5.74) is 0. The van der Waals surface area contributed by atoms with Crippen LogP contribution in [0.15, 0.2) is 24.3 Å². The Labute approximate surface area is 475 Å². The van der Waals surface area contributed by atoms with Crippen molar-refractivity contribution in [1.82, 2.24) is 5.32 Å². The predicted octanol–water partition coefficient (Wildman–Crippen LogP) is 22.1. The summed E-state index contributed by atoms with van der Waals surface area (Å²) in [6.07, 6.45) is 82.4. The predicted molar refractivity (Wildman–Crippen MR) is 333 cm³/mol. The molecule has 6 nitrogen and oxygen atoms in total. The molecule has 0 fully saturated rings. The zero-order chi connectivity index (χ0) is 55.0. The highest BCUT2D eigenvalue weighted by molar-refractivity contribution is 5.76. The molecule has 0 aliphatic heterocycles. The maximum atomic E-state index is 12.4. The van der Waals surface area contributed by atoms with Gasteiger partial charge in [0.25, 0.3) is 0 Å². The minimum absolute atomic E-state index is 0.0158. The highest BCUT2D eigenvalue weighted by Crippen LogP contribution is 2.18. The molecular formula is C70H135NO5. The van der Waals surface area contributed by atoms with Crippen molar-refractivity contribution >= 4 is 11.9 Å². The van der Waals surface area contributed by atoms with Crippen molar-refractivity contribution < 1.29 is 24.5 Å². The Balaban J connectivity index is 3.31. The topological polar surface area (TPSA) is 95.9 Å². The number of hydrogen-bond donors (Lipinski definition) is 3. The van der Waals surface area contributed by atoms with Gasteiger partial charge >= 0.3 is 5.97 Å². The lowest BCUT2D eigenvalue weighted by Gasteiger charge is -2.22. The summed E-state index contributed by atoms with van der Waals surface area (Å²) in [5.74, 6) is -0.0169. The molecule has 0 aromatic rings. The van der Waals surface area contributed by atoms with Crippen LogP contribution in [0, 0.1) is 0 Å². The number of aliphatic hydroxyl groups excluding tert-OH is 2. The fourth-order valence-corrected chi connectivity index (χ4v) is 10.9. The average molecular weight is 1070 g/mol. The van der Waals surface area contributed by atoms with E-state index in [0.717, 1.165) is 44.9 Å².